The van der Waals surface area contributed by atoms with Gasteiger partial charge in [0, 0.05) is 28.4 Å². The predicted molar refractivity (Wildman–Crippen MR) is 108 cm³/mol. The number of benzene rings is 3. The summed E-state index contributed by atoms with van der Waals surface area (Å²) in [4.78, 5) is 0. The van der Waals surface area contributed by atoms with Gasteiger partial charge in [-0.3, -0.25) is 0 Å². The highest BCUT2D eigenvalue weighted by atomic mass is 16.5. The molecule has 3 heteroatoms. The van der Waals surface area contributed by atoms with Gasteiger partial charge in [0.1, 0.15) is 11.5 Å². The molecule has 0 saturated heterocycles. The van der Waals surface area contributed by atoms with Gasteiger partial charge in [-0.15, -0.1) is 0 Å². The van der Waals surface area contributed by atoms with Crippen molar-refractivity contribution in [2.75, 3.05) is 14.2 Å². The van der Waals surface area contributed by atoms with Crippen LogP contribution < -0.4 is 9.47 Å². The molecule has 0 amide bonds. The van der Waals surface area contributed by atoms with E-state index in [9.17, 15) is 0 Å². The van der Waals surface area contributed by atoms with E-state index in [-0.39, 0.29) is 0 Å². The third kappa shape index (κ3) is 2.72. The second-order valence-electron chi connectivity index (χ2n) is 6.30. The summed E-state index contributed by atoms with van der Waals surface area (Å²) in [6, 6.07) is 21.0. The molecule has 0 aliphatic rings. The van der Waals surface area contributed by atoms with Crippen molar-refractivity contribution < 1.29 is 9.47 Å². The Kier molecular flexibility index (Phi) is 4.13. The van der Waals surface area contributed by atoms with Gasteiger partial charge in [-0.25, -0.2) is 0 Å². The molecule has 0 fully saturated rings. The van der Waals surface area contributed by atoms with Crippen LogP contribution in [-0.2, 0) is 6.54 Å². The van der Waals surface area contributed by atoms with Gasteiger partial charge in [0.15, 0.2) is 0 Å². The van der Waals surface area contributed by atoms with Crippen LogP contribution in [0.15, 0.2) is 67.2 Å². The summed E-state index contributed by atoms with van der Waals surface area (Å²) in [5, 5.41) is 2.34. The zero-order chi connectivity index (χ0) is 18.1. The Morgan fingerprint density at radius 3 is 1.81 bits per heavy atom. The lowest BCUT2D eigenvalue weighted by atomic mass is 10.1. The van der Waals surface area contributed by atoms with Crippen LogP contribution in [0.5, 0.6) is 11.5 Å². The fraction of sp³-hybridized carbons (Fsp3) is 0.130. The molecule has 0 aliphatic carbocycles. The standard InChI is InChI=1S/C23H21NO2/c1-4-16-5-7-17(8-6-16)15-24-22-11-9-18(25-2)13-20(22)21-14-19(26-3)10-12-23(21)24/h4-14H,1,15H2,2-3H3. The average molecular weight is 343 g/mol. The molecule has 1 aromatic heterocycles. The fourth-order valence-electron chi connectivity index (χ4n) is 3.43. The average Bonchev–Trinajstić information content (AvgIpc) is 3.00. The van der Waals surface area contributed by atoms with E-state index < -0.39 is 0 Å². The van der Waals surface area contributed by atoms with Crippen molar-refractivity contribution in [1.29, 1.82) is 0 Å². The van der Waals surface area contributed by atoms with Crippen LogP contribution in [0.1, 0.15) is 11.1 Å². The zero-order valence-corrected chi connectivity index (χ0v) is 15.0. The first kappa shape index (κ1) is 16.3. The van der Waals surface area contributed by atoms with E-state index in [1.54, 1.807) is 14.2 Å². The molecule has 3 nitrogen and oxygen atoms in total. The second kappa shape index (κ2) is 6.60. The van der Waals surface area contributed by atoms with Crippen molar-refractivity contribution in [1.82, 2.24) is 4.57 Å². The third-order valence-electron chi connectivity index (χ3n) is 4.84. The Labute approximate surface area is 153 Å². The van der Waals surface area contributed by atoms with Crippen LogP contribution in [0.25, 0.3) is 27.9 Å². The highest BCUT2D eigenvalue weighted by Crippen LogP contribution is 2.34. The van der Waals surface area contributed by atoms with Crippen LogP contribution >= 0.6 is 0 Å². The monoisotopic (exact) mass is 343 g/mol. The SMILES string of the molecule is C=Cc1ccc(Cn2c3ccc(OC)cc3c3cc(OC)ccc32)cc1. The van der Waals surface area contributed by atoms with Gasteiger partial charge < -0.3 is 14.0 Å². The Balaban J connectivity index is 1.92. The topological polar surface area (TPSA) is 23.4 Å². The Hall–Kier alpha value is -3.20. The van der Waals surface area contributed by atoms with E-state index >= 15 is 0 Å². The maximum atomic E-state index is 5.43. The van der Waals surface area contributed by atoms with Crippen molar-refractivity contribution in [3.63, 3.8) is 0 Å². The first-order chi connectivity index (χ1) is 12.7. The Bertz CT molecular complexity index is 1030. The van der Waals surface area contributed by atoms with Crippen molar-refractivity contribution in [2.45, 2.75) is 6.54 Å². The van der Waals surface area contributed by atoms with Crippen LogP contribution in [0.3, 0.4) is 0 Å². The number of ether oxygens (including phenoxy) is 2. The Morgan fingerprint density at radius 2 is 1.35 bits per heavy atom. The summed E-state index contributed by atoms with van der Waals surface area (Å²) in [7, 11) is 3.39. The molecule has 4 aromatic rings. The molecule has 0 spiro atoms. The van der Waals surface area contributed by atoms with Crippen molar-refractivity contribution in [3.05, 3.63) is 78.4 Å². The second-order valence-corrected chi connectivity index (χ2v) is 6.30. The van der Waals surface area contributed by atoms with Crippen LogP contribution in [-0.4, -0.2) is 18.8 Å². The molecule has 130 valence electrons. The minimum Gasteiger partial charge on any atom is -0.497 e. The lowest BCUT2D eigenvalue weighted by molar-refractivity contribution is 0.415. The quantitative estimate of drug-likeness (QED) is 0.477. The molecule has 0 N–H and O–H groups in total. The summed E-state index contributed by atoms with van der Waals surface area (Å²) in [5.74, 6) is 1.71. The third-order valence-corrected chi connectivity index (χ3v) is 4.84. The molecule has 0 saturated carbocycles. The van der Waals surface area contributed by atoms with Crippen LogP contribution in [0, 0.1) is 0 Å². The minimum atomic E-state index is 0.802. The molecule has 26 heavy (non-hydrogen) atoms. The molecular weight excluding hydrogens is 322 g/mol. The first-order valence-corrected chi connectivity index (χ1v) is 8.59. The van der Waals surface area contributed by atoms with Gasteiger partial charge in [0.2, 0.25) is 0 Å². The van der Waals surface area contributed by atoms with E-state index in [2.05, 4.69) is 59.7 Å². The number of nitrogens with zero attached hydrogens (tertiary/aromatic N) is 1. The summed E-state index contributed by atoms with van der Waals surface area (Å²) >= 11 is 0. The highest BCUT2D eigenvalue weighted by molar-refractivity contribution is 6.09. The first-order valence-electron chi connectivity index (χ1n) is 8.59. The van der Waals surface area contributed by atoms with Crippen molar-refractivity contribution in [3.8, 4) is 11.5 Å². The molecule has 0 aliphatic heterocycles. The normalized spacial score (nSPS) is 11.0. The van der Waals surface area contributed by atoms with Gasteiger partial charge in [0.25, 0.3) is 0 Å². The summed E-state index contributed by atoms with van der Waals surface area (Å²) in [6.07, 6.45) is 1.86. The molecular formula is C23H21NO2. The lowest BCUT2D eigenvalue weighted by Crippen LogP contribution is -1.99. The van der Waals surface area contributed by atoms with Gasteiger partial charge in [-0.05, 0) is 47.5 Å². The number of rotatable bonds is 5. The number of methoxy groups -OCH3 is 2. The number of hydrogen-bond acceptors (Lipinski definition) is 2. The smallest absolute Gasteiger partial charge is 0.119 e. The summed E-state index contributed by atoms with van der Waals surface area (Å²) in [6.45, 7) is 4.62. The van der Waals surface area contributed by atoms with Gasteiger partial charge in [0.05, 0.1) is 14.2 Å². The number of aromatic nitrogens is 1. The number of fused-ring (bicyclic) bond motifs is 3. The molecule has 0 unspecified atom stereocenters. The van der Waals surface area contributed by atoms with Gasteiger partial charge in [-0.2, -0.15) is 0 Å². The van der Waals surface area contributed by atoms with E-state index in [0.29, 0.717) is 0 Å². The Morgan fingerprint density at radius 1 is 0.808 bits per heavy atom. The van der Waals surface area contributed by atoms with Gasteiger partial charge >= 0.3 is 0 Å². The molecule has 1 heterocycles. The van der Waals surface area contributed by atoms with Crippen molar-refractivity contribution >= 4 is 27.9 Å². The molecule has 0 radical (unpaired) electrons. The maximum absolute atomic E-state index is 5.43. The fourth-order valence-corrected chi connectivity index (χ4v) is 3.43. The number of hydrogen-bond donors (Lipinski definition) is 0. The predicted octanol–water partition coefficient (Wildman–Crippen LogP) is 5.50. The largest absolute Gasteiger partial charge is 0.497 e. The van der Waals surface area contributed by atoms with E-state index in [4.69, 9.17) is 9.47 Å². The maximum Gasteiger partial charge on any atom is 0.119 e. The molecule has 4 rings (SSSR count). The minimum absolute atomic E-state index is 0.802. The van der Waals surface area contributed by atoms with E-state index in [1.165, 1.54) is 27.4 Å². The lowest BCUT2D eigenvalue weighted by Gasteiger charge is -2.09. The molecule has 0 atom stereocenters. The van der Waals surface area contributed by atoms with E-state index in [0.717, 1.165) is 23.6 Å². The van der Waals surface area contributed by atoms with Gasteiger partial charge in [-0.1, -0.05) is 36.9 Å². The van der Waals surface area contributed by atoms with Crippen LogP contribution in [0.2, 0.25) is 0 Å². The molecule has 3 aromatic carbocycles. The van der Waals surface area contributed by atoms with Crippen LogP contribution in [0.4, 0.5) is 0 Å². The zero-order valence-electron chi connectivity index (χ0n) is 15.0. The summed E-state index contributed by atoms with van der Waals surface area (Å²) in [5.41, 5.74) is 4.75. The molecule has 0 bridgehead atoms. The van der Waals surface area contributed by atoms with E-state index in [1.807, 2.05) is 18.2 Å². The highest BCUT2D eigenvalue weighted by Gasteiger charge is 2.13. The summed E-state index contributed by atoms with van der Waals surface area (Å²) < 4.78 is 13.2. The van der Waals surface area contributed by atoms with Crippen molar-refractivity contribution in [2.24, 2.45) is 0 Å².